The van der Waals surface area contributed by atoms with Crippen molar-refractivity contribution in [2.24, 2.45) is 0 Å². The third-order valence-electron chi connectivity index (χ3n) is 2.24. The Balaban J connectivity index is 3.09. The zero-order chi connectivity index (χ0) is 14.6. The molecule has 0 aliphatic rings. The van der Waals surface area contributed by atoms with Crippen molar-refractivity contribution in [1.82, 2.24) is 4.90 Å². The van der Waals surface area contributed by atoms with Crippen molar-refractivity contribution in [3.05, 3.63) is 33.8 Å². The van der Waals surface area contributed by atoms with Crippen LogP contribution in [0.1, 0.15) is 10.4 Å². The molecule has 0 radical (unpaired) electrons. The fraction of sp³-hybridized carbons (Fsp3) is 0.364. The van der Waals surface area contributed by atoms with Gasteiger partial charge in [-0.25, -0.2) is 17.6 Å². The number of rotatable bonds is 5. The molecule has 19 heavy (non-hydrogen) atoms. The average Bonchev–Trinajstić information content (AvgIpc) is 2.26. The summed E-state index contributed by atoms with van der Waals surface area (Å²) in [4.78, 5) is 12.3. The van der Waals surface area contributed by atoms with Gasteiger partial charge in [-0.1, -0.05) is 15.9 Å². The number of benzene rings is 1. The first-order valence-corrected chi connectivity index (χ1v) is 5.99. The lowest BCUT2D eigenvalue weighted by molar-refractivity contribution is 0.0501. The molecule has 1 N–H and O–H groups in total. The Morgan fingerprint density at radius 2 is 1.84 bits per heavy atom. The fourth-order valence-corrected chi connectivity index (χ4v) is 1.87. The third-order valence-corrected chi connectivity index (χ3v) is 2.69. The molecule has 0 atom stereocenters. The lowest BCUT2D eigenvalue weighted by Gasteiger charge is -2.21. The maximum Gasteiger partial charge on any atom is 0.260 e. The van der Waals surface area contributed by atoms with Gasteiger partial charge in [0.2, 0.25) is 0 Å². The molecule has 0 unspecified atom stereocenters. The highest BCUT2D eigenvalue weighted by Gasteiger charge is 2.25. The largest absolute Gasteiger partial charge is 0.395 e. The normalized spacial score (nSPS) is 10.9. The summed E-state index contributed by atoms with van der Waals surface area (Å²) in [6, 6.07) is 1.71. The minimum Gasteiger partial charge on any atom is -0.395 e. The fourth-order valence-electron chi connectivity index (χ4n) is 1.47. The smallest absolute Gasteiger partial charge is 0.260 e. The van der Waals surface area contributed by atoms with E-state index >= 15 is 0 Å². The summed E-state index contributed by atoms with van der Waals surface area (Å²) < 4.78 is 51.7. The molecule has 0 aliphatic heterocycles. The van der Waals surface area contributed by atoms with Crippen molar-refractivity contribution in [2.45, 2.75) is 6.43 Å². The van der Waals surface area contributed by atoms with Crippen LogP contribution < -0.4 is 0 Å². The van der Waals surface area contributed by atoms with E-state index < -0.39 is 49.2 Å². The van der Waals surface area contributed by atoms with Crippen molar-refractivity contribution >= 4 is 21.8 Å². The minimum absolute atomic E-state index is 0.0848. The van der Waals surface area contributed by atoms with Gasteiger partial charge in [-0.05, 0) is 12.1 Å². The van der Waals surface area contributed by atoms with Crippen LogP contribution in [0.5, 0.6) is 0 Å². The highest BCUT2D eigenvalue weighted by molar-refractivity contribution is 9.10. The second kappa shape index (κ2) is 6.85. The molecule has 1 amide bonds. The molecule has 1 aromatic carbocycles. The molecule has 3 nitrogen and oxygen atoms in total. The van der Waals surface area contributed by atoms with Crippen molar-refractivity contribution in [3.8, 4) is 0 Å². The second-order valence-electron chi connectivity index (χ2n) is 3.61. The van der Waals surface area contributed by atoms with Gasteiger partial charge in [-0.15, -0.1) is 0 Å². The predicted molar refractivity (Wildman–Crippen MR) is 63.1 cm³/mol. The Morgan fingerprint density at radius 3 is 2.26 bits per heavy atom. The Kier molecular flexibility index (Phi) is 5.74. The summed E-state index contributed by atoms with van der Waals surface area (Å²) in [5.41, 5.74) is -0.919. The lowest BCUT2D eigenvalue weighted by atomic mass is 10.1. The van der Waals surface area contributed by atoms with Crippen molar-refractivity contribution in [1.29, 1.82) is 0 Å². The van der Waals surface area contributed by atoms with Crippen molar-refractivity contribution < 1.29 is 27.5 Å². The molecule has 0 saturated heterocycles. The first-order valence-electron chi connectivity index (χ1n) is 5.19. The molecular weight excluding hydrogens is 334 g/mol. The summed E-state index contributed by atoms with van der Waals surface area (Å²) in [5, 5.41) is 8.69. The molecule has 0 heterocycles. The van der Waals surface area contributed by atoms with Gasteiger partial charge >= 0.3 is 0 Å². The number of aliphatic hydroxyl groups excluding tert-OH is 1. The van der Waals surface area contributed by atoms with E-state index in [9.17, 15) is 22.4 Å². The van der Waals surface area contributed by atoms with Gasteiger partial charge < -0.3 is 10.0 Å². The highest BCUT2D eigenvalue weighted by atomic mass is 79.9. The van der Waals surface area contributed by atoms with E-state index in [2.05, 4.69) is 15.9 Å². The molecule has 0 aliphatic carbocycles. The number of nitrogens with zero attached hydrogens (tertiary/aromatic N) is 1. The van der Waals surface area contributed by atoms with Crippen molar-refractivity contribution in [2.75, 3.05) is 19.7 Å². The Morgan fingerprint density at radius 1 is 1.32 bits per heavy atom. The topological polar surface area (TPSA) is 40.5 Å². The van der Waals surface area contributed by atoms with E-state index in [4.69, 9.17) is 5.11 Å². The van der Waals surface area contributed by atoms with Crippen LogP contribution in [-0.2, 0) is 0 Å². The predicted octanol–water partition coefficient (Wildman–Crippen LogP) is 2.43. The van der Waals surface area contributed by atoms with E-state index in [0.29, 0.717) is 4.90 Å². The summed E-state index contributed by atoms with van der Waals surface area (Å²) >= 11 is 2.84. The Hall–Kier alpha value is -1.15. The van der Waals surface area contributed by atoms with Gasteiger partial charge in [0.1, 0.15) is 17.2 Å². The van der Waals surface area contributed by atoms with Crippen LogP contribution in [0.3, 0.4) is 0 Å². The third kappa shape index (κ3) is 4.17. The molecule has 1 aromatic rings. The van der Waals surface area contributed by atoms with E-state index in [1.165, 1.54) is 0 Å². The molecule has 0 fully saturated rings. The molecule has 0 bridgehead atoms. The number of hydrogen-bond acceptors (Lipinski definition) is 2. The van der Waals surface area contributed by atoms with Crippen LogP contribution in [0.2, 0.25) is 0 Å². The van der Waals surface area contributed by atoms with Gasteiger partial charge in [0.25, 0.3) is 12.3 Å². The van der Waals surface area contributed by atoms with E-state index in [-0.39, 0.29) is 4.47 Å². The molecule has 8 heteroatoms. The Labute approximate surface area is 115 Å². The maximum absolute atomic E-state index is 13.5. The van der Waals surface area contributed by atoms with Crippen LogP contribution in [0.25, 0.3) is 0 Å². The second-order valence-corrected chi connectivity index (χ2v) is 4.53. The number of halogens is 5. The van der Waals surface area contributed by atoms with E-state index in [0.717, 1.165) is 12.1 Å². The molecule has 0 aromatic heterocycles. The number of carbonyl (C=O) groups excluding carboxylic acids is 1. The summed E-state index contributed by atoms with van der Waals surface area (Å²) in [7, 11) is 0. The van der Waals surface area contributed by atoms with Gasteiger partial charge in [0.05, 0.1) is 13.2 Å². The monoisotopic (exact) mass is 343 g/mol. The zero-order valence-corrected chi connectivity index (χ0v) is 11.1. The number of amides is 1. The number of aliphatic hydroxyl groups is 1. The van der Waals surface area contributed by atoms with Gasteiger partial charge in [-0.2, -0.15) is 0 Å². The summed E-state index contributed by atoms with van der Waals surface area (Å²) in [5.74, 6) is -3.54. The van der Waals surface area contributed by atoms with Gasteiger partial charge in [-0.3, -0.25) is 4.79 Å². The molecular formula is C11H10BrF4NO2. The molecule has 106 valence electrons. The first kappa shape index (κ1) is 15.9. The molecule has 1 rings (SSSR count). The van der Waals surface area contributed by atoms with Crippen LogP contribution in [0.4, 0.5) is 17.6 Å². The standard InChI is InChI=1S/C11H10BrF4NO2/c12-6-3-7(13)10(8(14)4-6)11(19)17(1-2-18)5-9(15)16/h3-4,9,18H,1-2,5H2. The highest BCUT2D eigenvalue weighted by Crippen LogP contribution is 2.21. The van der Waals surface area contributed by atoms with Crippen LogP contribution >= 0.6 is 15.9 Å². The quantitative estimate of drug-likeness (QED) is 0.834. The zero-order valence-electron chi connectivity index (χ0n) is 9.55. The maximum atomic E-state index is 13.5. The number of carbonyl (C=O) groups is 1. The lowest BCUT2D eigenvalue weighted by Crippen LogP contribution is -2.38. The van der Waals surface area contributed by atoms with Gasteiger partial charge in [0, 0.05) is 11.0 Å². The van der Waals surface area contributed by atoms with Crippen LogP contribution in [-0.4, -0.2) is 42.0 Å². The van der Waals surface area contributed by atoms with Crippen molar-refractivity contribution in [3.63, 3.8) is 0 Å². The van der Waals surface area contributed by atoms with Gasteiger partial charge in [0.15, 0.2) is 0 Å². The van der Waals surface area contributed by atoms with Crippen LogP contribution in [0, 0.1) is 11.6 Å². The Bertz CT molecular complexity index is 447. The molecule has 0 spiro atoms. The van der Waals surface area contributed by atoms with E-state index in [1.54, 1.807) is 0 Å². The number of alkyl halides is 2. The number of hydrogen-bond donors (Lipinski definition) is 1. The summed E-state index contributed by atoms with van der Waals surface area (Å²) in [6.45, 7) is -2.02. The SMILES string of the molecule is O=C(c1c(F)cc(Br)cc1F)N(CCO)CC(F)F. The molecule has 0 saturated carbocycles. The van der Waals surface area contributed by atoms with E-state index in [1.807, 2.05) is 0 Å². The summed E-state index contributed by atoms with van der Waals surface area (Å²) in [6.07, 6.45) is -2.86. The minimum atomic E-state index is -2.86. The van der Waals surface area contributed by atoms with Crippen LogP contribution in [0.15, 0.2) is 16.6 Å². The first-order chi connectivity index (χ1) is 8.86. The average molecular weight is 344 g/mol.